The summed E-state index contributed by atoms with van der Waals surface area (Å²) < 4.78 is 5.48. The average Bonchev–Trinajstić information content (AvgIpc) is 2.07. The van der Waals surface area contributed by atoms with E-state index in [2.05, 4.69) is 31.2 Å². The third-order valence-electron chi connectivity index (χ3n) is 2.19. The van der Waals surface area contributed by atoms with Crippen LogP contribution in [0.3, 0.4) is 0 Å². The molecular weight excluding hydrogens is 136 g/mol. The summed E-state index contributed by atoms with van der Waals surface area (Å²) in [5, 5.41) is 0. The van der Waals surface area contributed by atoms with Crippen LogP contribution in [0.2, 0.25) is 0 Å². The second kappa shape index (κ2) is 3.72. The number of rotatable bonds is 3. The van der Waals surface area contributed by atoms with Gasteiger partial charge in [-0.25, -0.2) is 0 Å². The highest BCUT2D eigenvalue weighted by atomic mass is 16.5. The van der Waals surface area contributed by atoms with Gasteiger partial charge in [0, 0.05) is 7.11 Å². The summed E-state index contributed by atoms with van der Waals surface area (Å²) in [5.41, 5.74) is 0.00347. The average molecular weight is 152 g/mol. The monoisotopic (exact) mass is 152 g/mol. The first kappa shape index (κ1) is 8.54. The van der Waals surface area contributed by atoms with Crippen molar-refractivity contribution in [3.8, 4) is 0 Å². The van der Waals surface area contributed by atoms with Crippen LogP contribution in [0.25, 0.3) is 0 Å². The van der Waals surface area contributed by atoms with Crippen molar-refractivity contribution >= 4 is 0 Å². The molecule has 0 N–H and O–H groups in total. The lowest BCUT2D eigenvalue weighted by atomic mass is 9.90. The SMILES string of the molecule is CCCC1(OC)C=CC=CC1. The van der Waals surface area contributed by atoms with E-state index in [1.165, 1.54) is 6.42 Å². The zero-order valence-corrected chi connectivity index (χ0v) is 7.34. The van der Waals surface area contributed by atoms with Gasteiger partial charge in [-0.1, -0.05) is 37.6 Å². The smallest absolute Gasteiger partial charge is 0.0895 e. The molecule has 0 spiro atoms. The highest BCUT2D eigenvalue weighted by Gasteiger charge is 2.24. The first-order valence-electron chi connectivity index (χ1n) is 4.22. The molecule has 0 amide bonds. The maximum absolute atomic E-state index is 5.48. The molecule has 11 heavy (non-hydrogen) atoms. The van der Waals surface area contributed by atoms with E-state index in [0.717, 1.165) is 12.8 Å². The van der Waals surface area contributed by atoms with Crippen LogP contribution in [0.1, 0.15) is 26.2 Å². The van der Waals surface area contributed by atoms with Crippen molar-refractivity contribution in [1.29, 1.82) is 0 Å². The molecule has 0 radical (unpaired) electrons. The topological polar surface area (TPSA) is 9.23 Å². The molecule has 0 aliphatic heterocycles. The van der Waals surface area contributed by atoms with Gasteiger partial charge in [-0.2, -0.15) is 0 Å². The van der Waals surface area contributed by atoms with Gasteiger partial charge in [0.2, 0.25) is 0 Å². The summed E-state index contributed by atoms with van der Waals surface area (Å²) in [7, 11) is 1.79. The second-order valence-electron chi connectivity index (χ2n) is 3.01. The van der Waals surface area contributed by atoms with Crippen molar-refractivity contribution in [1.82, 2.24) is 0 Å². The van der Waals surface area contributed by atoms with Crippen LogP contribution in [0.5, 0.6) is 0 Å². The Morgan fingerprint density at radius 1 is 1.45 bits per heavy atom. The van der Waals surface area contributed by atoms with Crippen LogP contribution >= 0.6 is 0 Å². The molecule has 0 aromatic rings. The van der Waals surface area contributed by atoms with Crippen LogP contribution in [0.4, 0.5) is 0 Å². The molecule has 0 saturated heterocycles. The summed E-state index contributed by atoms with van der Waals surface area (Å²) >= 11 is 0. The zero-order valence-electron chi connectivity index (χ0n) is 7.34. The first-order chi connectivity index (χ1) is 5.33. The summed E-state index contributed by atoms with van der Waals surface area (Å²) in [6.07, 6.45) is 11.8. The summed E-state index contributed by atoms with van der Waals surface area (Å²) in [6, 6.07) is 0. The van der Waals surface area contributed by atoms with E-state index in [1.807, 2.05) is 0 Å². The molecule has 1 aliphatic rings. The van der Waals surface area contributed by atoms with Gasteiger partial charge in [0.1, 0.15) is 0 Å². The zero-order chi connectivity index (χ0) is 8.16. The Hall–Kier alpha value is -0.560. The van der Waals surface area contributed by atoms with E-state index in [1.54, 1.807) is 7.11 Å². The van der Waals surface area contributed by atoms with Crippen LogP contribution in [0, 0.1) is 0 Å². The van der Waals surface area contributed by atoms with Gasteiger partial charge in [-0.3, -0.25) is 0 Å². The number of hydrogen-bond acceptors (Lipinski definition) is 1. The van der Waals surface area contributed by atoms with Crippen LogP contribution in [-0.4, -0.2) is 12.7 Å². The Balaban J connectivity index is 2.60. The lowest BCUT2D eigenvalue weighted by Crippen LogP contribution is -2.28. The molecule has 1 unspecified atom stereocenters. The molecule has 1 aliphatic carbocycles. The fraction of sp³-hybridized carbons (Fsp3) is 0.600. The minimum Gasteiger partial charge on any atom is -0.374 e. The fourth-order valence-electron chi connectivity index (χ4n) is 1.51. The van der Waals surface area contributed by atoms with E-state index in [-0.39, 0.29) is 5.60 Å². The fourth-order valence-corrected chi connectivity index (χ4v) is 1.51. The molecule has 0 heterocycles. The molecule has 0 aromatic heterocycles. The first-order valence-corrected chi connectivity index (χ1v) is 4.22. The van der Waals surface area contributed by atoms with Gasteiger partial charge in [-0.05, 0) is 12.8 Å². The number of methoxy groups -OCH3 is 1. The minimum absolute atomic E-state index is 0.00347. The van der Waals surface area contributed by atoms with Crippen LogP contribution in [-0.2, 0) is 4.74 Å². The maximum Gasteiger partial charge on any atom is 0.0895 e. The molecule has 0 aromatic carbocycles. The number of ether oxygens (including phenoxy) is 1. The van der Waals surface area contributed by atoms with Gasteiger partial charge in [-0.15, -0.1) is 0 Å². The van der Waals surface area contributed by atoms with Gasteiger partial charge < -0.3 is 4.74 Å². The predicted octanol–water partition coefficient (Wildman–Crippen LogP) is 2.69. The Kier molecular flexibility index (Phi) is 2.89. The normalized spacial score (nSPS) is 29.3. The van der Waals surface area contributed by atoms with Crippen LogP contribution < -0.4 is 0 Å². The molecule has 1 heteroatoms. The third kappa shape index (κ3) is 1.93. The Morgan fingerprint density at radius 2 is 2.27 bits per heavy atom. The Morgan fingerprint density at radius 3 is 2.73 bits per heavy atom. The summed E-state index contributed by atoms with van der Waals surface area (Å²) in [4.78, 5) is 0. The highest BCUT2D eigenvalue weighted by Crippen LogP contribution is 2.26. The lowest BCUT2D eigenvalue weighted by Gasteiger charge is -2.29. The quantitative estimate of drug-likeness (QED) is 0.604. The molecule has 1 nitrogen and oxygen atoms in total. The van der Waals surface area contributed by atoms with E-state index < -0.39 is 0 Å². The number of hydrogen-bond donors (Lipinski definition) is 0. The van der Waals surface area contributed by atoms with Gasteiger partial charge >= 0.3 is 0 Å². The van der Waals surface area contributed by atoms with Crippen molar-refractivity contribution < 1.29 is 4.74 Å². The largest absolute Gasteiger partial charge is 0.374 e. The predicted molar refractivity (Wildman–Crippen MR) is 47.5 cm³/mol. The van der Waals surface area contributed by atoms with Crippen molar-refractivity contribution in [3.05, 3.63) is 24.3 Å². The minimum atomic E-state index is 0.00347. The van der Waals surface area contributed by atoms with Crippen molar-refractivity contribution in [2.45, 2.75) is 31.8 Å². The Bertz CT molecular complexity index is 170. The molecule has 0 bridgehead atoms. The van der Waals surface area contributed by atoms with E-state index in [9.17, 15) is 0 Å². The summed E-state index contributed by atoms with van der Waals surface area (Å²) in [6.45, 7) is 2.19. The standard InChI is InChI=1S/C10H16O/c1-3-7-10(11-2)8-5-4-6-9-10/h4-6,8H,3,7,9H2,1-2H3. The molecule has 1 atom stereocenters. The molecule has 1 rings (SSSR count). The Labute approximate surface area is 68.8 Å². The van der Waals surface area contributed by atoms with Crippen molar-refractivity contribution in [2.75, 3.05) is 7.11 Å². The maximum atomic E-state index is 5.48. The lowest BCUT2D eigenvalue weighted by molar-refractivity contribution is 0.0260. The van der Waals surface area contributed by atoms with Crippen molar-refractivity contribution in [2.24, 2.45) is 0 Å². The van der Waals surface area contributed by atoms with Gasteiger partial charge in [0.25, 0.3) is 0 Å². The highest BCUT2D eigenvalue weighted by molar-refractivity contribution is 5.18. The van der Waals surface area contributed by atoms with Gasteiger partial charge in [0.15, 0.2) is 0 Å². The molecule has 0 fully saturated rings. The number of allylic oxidation sites excluding steroid dienone is 2. The second-order valence-corrected chi connectivity index (χ2v) is 3.01. The molecule has 0 saturated carbocycles. The molecule has 62 valence electrons. The van der Waals surface area contributed by atoms with Crippen molar-refractivity contribution in [3.63, 3.8) is 0 Å². The van der Waals surface area contributed by atoms with Crippen LogP contribution in [0.15, 0.2) is 24.3 Å². The van der Waals surface area contributed by atoms with E-state index in [4.69, 9.17) is 4.74 Å². The third-order valence-corrected chi connectivity index (χ3v) is 2.19. The summed E-state index contributed by atoms with van der Waals surface area (Å²) in [5.74, 6) is 0. The molecular formula is C10H16O. The van der Waals surface area contributed by atoms with E-state index in [0.29, 0.717) is 0 Å². The van der Waals surface area contributed by atoms with Gasteiger partial charge in [0.05, 0.1) is 5.60 Å². The van der Waals surface area contributed by atoms with E-state index >= 15 is 0 Å².